The summed E-state index contributed by atoms with van der Waals surface area (Å²) in [5.74, 6) is 1.42. The number of hydrogen-bond donors (Lipinski definition) is 1. The maximum Gasteiger partial charge on any atom is 0.226 e. The second kappa shape index (κ2) is 9.79. The summed E-state index contributed by atoms with van der Waals surface area (Å²) in [6.07, 6.45) is 3.15. The summed E-state index contributed by atoms with van der Waals surface area (Å²) in [4.78, 5) is 12.4. The average Bonchev–Trinajstić information content (AvgIpc) is 3.40. The van der Waals surface area contributed by atoms with E-state index in [9.17, 15) is 4.79 Å². The third kappa shape index (κ3) is 5.33. The number of benzene rings is 2. The van der Waals surface area contributed by atoms with E-state index in [-0.39, 0.29) is 12.0 Å². The largest absolute Gasteiger partial charge is 0.439 e. The first-order valence-corrected chi connectivity index (χ1v) is 10.9. The standard InChI is InChI=1S/C25H29N3O3/c1-18-8-6-11-21(16-18)31-25-23(13-14-24(29)26-17-22-12-7-15-30-22)19(2)27-28(25)20-9-4-3-5-10-20/h3-6,8-11,16,22H,7,12-15,17H2,1-2H3,(H,26,29). The predicted molar refractivity (Wildman–Crippen MR) is 120 cm³/mol. The van der Waals surface area contributed by atoms with Crippen LogP contribution in [0.25, 0.3) is 5.69 Å². The van der Waals surface area contributed by atoms with E-state index in [0.29, 0.717) is 25.3 Å². The molecule has 4 rings (SSSR count). The highest BCUT2D eigenvalue weighted by molar-refractivity contribution is 5.76. The zero-order valence-electron chi connectivity index (χ0n) is 18.1. The van der Waals surface area contributed by atoms with Gasteiger partial charge in [-0.25, -0.2) is 4.68 Å². The van der Waals surface area contributed by atoms with Crippen LogP contribution in [0.2, 0.25) is 0 Å². The van der Waals surface area contributed by atoms with Gasteiger partial charge in [-0.2, -0.15) is 5.10 Å². The van der Waals surface area contributed by atoms with E-state index >= 15 is 0 Å². The molecule has 1 aliphatic heterocycles. The van der Waals surface area contributed by atoms with E-state index in [0.717, 1.165) is 47.7 Å². The number of carbonyl (C=O) groups excluding carboxylic acids is 1. The zero-order chi connectivity index (χ0) is 21.6. The van der Waals surface area contributed by atoms with E-state index in [1.807, 2.05) is 73.1 Å². The number of rotatable bonds is 8. The van der Waals surface area contributed by atoms with Crippen molar-refractivity contribution in [1.82, 2.24) is 15.1 Å². The normalized spacial score (nSPS) is 15.7. The van der Waals surface area contributed by atoms with Gasteiger partial charge in [0.15, 0.2) is 0 Å². The van der Waals surface area contributed by atoms with Crippen LogP contribution >= 0.6 is 0 Å². The number of nitrogens with zero attached hydrogens (tertiary/aromatic N) is 2. The van der Waals surface area contributed by atoms with Crippen molar-refractivity contribution in [3.05, 3.63) is 71.4 Å². The number of aryl methyl sites for hydroxylation is 2. The third-order valence-electron chi connectivity index (χ3n) is 5.50. The van der Waals surface area contributed by atoms with Crippen LogP contribution in [-0.4, -0.2) is 34.9 Å². The third-order valence-corrected chi connectivity index (χ3v) is 5.50. The SMILES string of the molecule is Cc1cccc(Oc2c(CCC(=O)NCC3CCCO3)c(C)nn2-c2ccccc2)c1. The van der Waals surface area contributed by atoms with Gasteiger partial charge in [-0.3, -0.25) is 4.79 Å². The monoisotopic (exact) mass is 419 g/mol. The average molecular weight is 420 g/mol. The molecule has 31 heavy (non-hydrogen) atoms. The van der Waals surface area contributed by atoms with Crippen LogP contribution in [0, 0.1) is 13.8 Å². The van der Waals surface area contributed by atoms with E-state index in [4.69, 9.17) is 14.6 Å². The Bertz CT molecular complexity index is 1020. The molecule has 1 aliphatic rings. The molecule has 1 saturated heterocycles. The lowest BCUT2D eigenvalue weighted by Gasteiger charge is -2.13. The van der Waals surface area contributed by atoms with Gasteiger partial charge in [0.1, 0.15) is 5.75 Å². The van der Waals surface area contributed by atoms with Gasteiger partial charge in [0.25, 0.3) is 0 Å². The number of aromatic nitrogens is 2. The molecule has 0 radical (unpaired) electrons. The van der Waals surface area contributed by atoms with E-state index in [1.54, 1.807) is 0 Å². The Hall–Kier alpha value is -3.12. The Morgan fingerprint density at radius 3 is 2.77 bits per heavy atom. The Kier molecular flexibility index (Phi) is 6.67. The first-order chi connectivity index (χ1) is 15.1. The fourth-order valence-electron chi connectivity index (χ4n) is 3.83. The number of ether oxygens (including phenoxy) is 2. The molecule has 6 heteroatoms. The summed E-state index contributed by atoms with van der Waals surface area (Å²) in [6, 6.07) is 17.8. The molecular weight excluding hydrogens is 390 g/mol. The molecule has 0 saturated carbocycles. The number of para-hydroxylation sites is 1. The molecule has 6 nitrogen and oxygen atoms in total. The number of hydrogen-bond acceptors (Lipinski definition) is 4. The van der Waals surface area contributed by atoms with Crippen molar-refractivity contribution >= 4 is 5.91 Å². The van der Waals surface area contributed by atoms with Gasteiger partial charge in [0, 0.05) is 25.1 Å². The van der Waals surface area contributed by atoms with Gasteiger partial charge >= 0.3 is 0 Å². The summed E-state index contributed by atoms with van der Waals surface area (Å²) >= 11 is 0. The van der Waals surface area contributed by atoms with E-state index in [2.05, 4.69) is 5.32 Å². The van der Waals surface area contributed by atoms with Crippen molar-refractivity contribution < 1.29 is 14.3 Å². The summed E-state index contributed by atoms with van der Waals surface area (Å²) in [6.45, 7) is 5.36. The van der Waals surface area contributed by atoms with Crippen LogP contribution in [0.4, 0.5) is 0 Å². The maximum absolute atomic E-state index is 12.4. The van der Waals surface area contributed by atoms with Gasteiger partial charge in [-0.15, -0.1) is 0 Å². The summed E-state index contributed by atoms with van der Waals surface area (Å²) in [5, 5.41) is 7.72. The molecule has 1 unspecified atom stereocenters. The molecular formula is C25H29N3O3. The highest BCUT2D eigenvalue weighted by Crippen LogP contribution is 2.31. The Morgan fingerprint density at radius 2 is 2.03 bits per heavy atom. The van der Waals surface area contributed by atoms with Gasteiger partial charge in [0.05, 0.1) is 17.5 Å². The summed E-state index contributed by atoms with van der Waals surface area (Å²) < 4.78 is 13.7. The Morgan fingerprint density at radius 1 is 1.19 bits per heavy atom. The first kappa shape index (κ1) is 21.1. The van der Waals surface area contributed by atoms with Crippen molar-refractivity contribution in [3.8, 4) is 17.3 Å². The van der Waals surface area contributed by atoms with E-state index in [1.165, 1.54) is 0 Å². The molecule has 1 N–H and O–H groups in total. The Labute approximate surface area is 183 Å². The van der Waals surface area contributed by atoms with Gasteiger partial charge in [0.2, 0.25) is 11.8 Å². The fraction of sp³-hybridized carbons (Fsp3) is 0.360. The van der Waals surface area contributed by atoms with Gasteiger partial charge in [-0.1, -0.05) is 30.3 Å². The van der Waals surface area contributed by atoms with Crippen LogP contribution in [0.15, 0.2) is 54.6 Å². The minimum atomic E-state index is 0.0175. The van der Waals surface area contributed by atoms with Crippen LogP contribution in [-0.2, 0) is 16.0 Å². The lowest BCUT2D eigenvalue weighted by Crippen LogP contribution is -2.31. The van der Waals surface area contributed by atoms with Crippen molar-refractivity contribution in [2.45, 2.75) is 45.6 Å². The van der Waals surface area contributed by atoms with Crippen molar-refractivity contribution in [3.63, 3.8) is 0 Å². The first-order valence-electron chi connectivity index (χ1n) is 10.9. The molecule has 0 bridgehead atoms. The minimum Gasteiger partial charge on any atom is -0.439 e. The molecule has 2 aromatic carbocycles. The number of nitrogens with one attached hydrogen (secondary N) is 1. The maximum atomic E-state index is 12.4. The second-order valence-corrected chi connectivity index (χ2v) is 7.97. The molecule has 162 valence electrons. The molecule has 0 spiro atoms. The molecule has 1 atom stereocenters. The lowest BCUT2D eigenvalue weighted by molar-refractivity contribution is -0.121. The lowest BCUT2D eigenvalue weighted by atomic mass is 10.1. The highest BCUT2D eigenvalue weighted by Gasteiger charge is 2.21. The molecule has 1 fully saturated rings. The predicted octanol–water partition coefficient (Wildman–Crippen LogP) is 4.51. The quantitative estimate of drug-likeness (QED) is 0.583. The minimum absolute atomic E-state index is 0.0175. The second-order valence-electron chi connectivity index (χ2n) is 7.97. The highest BCUT2D eigenvalue weighted by atomic mass is 16.5. The molecule has 3 aromatic rings. The number of carbonyl (C=O) groups is 1. The summed E-state index contributed by atoms with van der Waals surface area (Å²) in [5.41, 5.74) is 3.84. The molecule has 1 amide bonds. The van der Waals surface area contributed by atoms with Crippen LogP contribution in [0.3, 0.4) is 0 Å². The number of amides is 1. The molecule has 2 heterocycles. The van der Waals surface area contributed by atoms with E-state index < -0.39 is 0 Å². The fourth-order valence-corrected chi connectivity index (χ4v) is 3.83. The van der Waals surface area contributed by atoms with Crippen LogP contribution in [0.5, 0.6) is 11.6 Å². The zero-order valence-corrected chi connectivity index (χ0v) is 18.1. The Balaban J connectivity index is 1.54. The smallest absolute Gasteiger partial charge is 0.226 e. The van der Waals surface area contributed by atoms with Crippen molar-refractivity contribution in [2.75, 3.05) is 13.2 Å². The topological polar surface area (TPSA) is 65.4 Å². The molecule has 1 aromatic heterocycles. The van der Waals surface area contributed by atoms with Crippen molar-refractivity contribution in [1.29, 1.82) is 0 Å². The van der Waals surface area contributed by atoms with Gasteiger partial charge < -0.3 is 14.8 Å². The summed E-state index contributed by atoms with van der Waals surface area (Å²) in [7, 11) is 0. The van der Waals surface area contributed by atoms with Crippen LogP contribution in [0.1, 0.15) is 36.1 Å². The molecule has 0 aliphatic carbocycles. The van der Waals surface area contributed by atoms with Crippen LogP contribution < -0.4 is 10.1 Å². The van der Waals surface area contributed by atoms with Crippen molar-refractivity contribution in [2.24, 2.45) is 0 Å². The van der Waals surface area contributed by atoms with Gasteiger partial charge in [-0.05, 0) is 62.9 Å².